The van der Waals surface area contributed by atoms with E-state index in [1.165, 1.54) is 15.9 Å². The number of nitrogens with zero attached hydrogens (tertiary/aromatic N) is 6. The average Bonchev–Trinajstić information content (AvgIpc) is 3.31. The van der Waals surface area contributed by atoms with Gasteiger partial charge in [0.25, 0.3) is 12.3 Å². The molecule has 0 radical (unpaired) electrons. The Morgan fingerprint density at radius 2 is 1.92 bits per heavy atom. The number of amidine groups is 1. The van der Waals surface area contributed by atoms with Crippen molar-refractivity contribution in [2.24, 2.45) is 16.0 Å². The van der Waals surface area contributed by atoms with Gasteiger partial charge in [0.15, 0.2) is 11.5 Å². The number of carbonyl (C=O) groups excluding carboxylic acids is 2. The normalized spacial score (nSPS) is 27.7. The Morgan fingerprint density at radius 3 is 2.51 bits per heavy atom. The number of hydrazone groups is 1. The topological polar surface area (TPSA) is 104 Å². The Labute approximate surface area is 214 Å². The first kappa shape index (κ1) is 26.6. The van der Waals surface area contributed by atoms with E-state index in [2.05, 4.69) is 32.1 Å². The summed E-state index contributed by atoms with van der Waals surface area (Å²) in [5, 5.41) is 12.0. The van der Waals surface area contributed by atoms with Gasteiger partial charge in [0.2, 0.25) is 0 Å². The number of rotatable bonds is 6. The lowest BCUT2D eigenvalue weighted by Crippen LogP contribution is -2.48. The van der Waals surface area contributed by atoms with E-state index < -0.39 is 18.0 Å². The Balaban J connectivity index is 1.57. The standard InChI is InChI=1S/C25H33F2N7O3/c1-15-11-32(12-16(2)37-15)21-9-10-33(28-4)24(30-21)17(3)25(36)29-20-13-34(31-22(20)23(26)27)19-7-5-18(14-35)6-8-19/h9-10,13-16,18-19,23H,4-8,11-12H2,1-3H3,(H,29,36)/b24-17+/t15-,16-,18?,19?/m0/s1. The summed E-state index contributed by atoms with van der Waals surface area (Å²) in [6.07, 6.45) is 5.69. The zero-order chi connectivity index (χ0) is 26.7. The number of ether oxygens (including phenoxy) is 1. The first-order chi connectivity index (χ1) is 17.7. The van der Waals surface area contributed by atoms with Gasteiger partial charge in [-0.2, -0.15) is 10.2 Å². The van der Waals surface area contributed by atoms with Crippen LogP contribution in [-0.2, 0) is 14.3 Å². The van der Waals surface area contributed by atoms with Gasteiger partial charge in [-0.3, -0.25) is 9.48 Å². The highest BCUT2D eigenvalue weighted by molar-refractivity contribution is 6.05. The van der Waals surface area contributed by atoms with E-state index in [0.29, 0.717) is 44.6 Å². The van der Waals surface area contributed by atoms with Crippen LogP contribution < -0.4 is 5.32 Å². The molecule has 3 aliphatic rings. The summed E-state index contributed by atoms with van der Waals surface area (Å²) in [5.74, 6) is 0.290. The van der Waals surface area contributed by atoms with Crippen molar-refractivity contribution < 1.29 is 23.1 Å². The van der Waals surface area contributed by atoms with Gasteiger partial charge in [-0.25, -0.2) is 18.8 Å². The molecule has 1 aromatic heterocycles. The molecule has 1 saturated carbocycles. The summed E-state index contributed by atoms with van der Waals surface area (Å²) in [7, 11) is 0. The molecule has 2 fully saturated rings. The number of nitrogens with one attached hydrogen (secondary N) is 1. The first-order valence-corrected chi connectivity index (χ1v) is 12.5. The third kappa shape index (κ3) is 5.95. The lowest BCUT2D eigenvalue weighted by Gasteiger charge is -2.37. The van der Waals surface area contributed by atoms with Gasteiger partial charge in [-0.1, -0.05) is 0 Å². The van der Waals surface area contributed by atoms with Crippen LogP contribution in [0, 0.1) is 5.92 Å². The van der Waals surface area contributed by atoms with E-state index in [9.17, 15) is 18.4 Å². The highest BCUT2D eigenvalue weighted by Gasteiger charge is 2.29. The molecule has 0 spiro atoms. The number of aliphatic imine (C=N–C) groups is 1. The number of aldehydes is 1. The maximum Gasteiger partial charge on any atom is 0.284 e. The number of aromatic nitrogens is 2. The molecule has 0 aromatic carbocycles. The minimum Gasteiger partial charge on any atom is -0.372 e. The summed E-state index contributed by atoms with van der Waals surface area (Å²) in [5.41, 5.74) is -0.364. The fraction of sp³-hybridized carbons (Fsp3) is 0.560. The number of morpholine rings is 1. The van der Waals surface area contributed by atoms with Crippen LogP contribution in [0.15, 0.2) is 40.0 Å². The van der Waals surface area contributed by atoms with Gasteiger partial charge in [0, 0.05) is 38.1 Å². The first-order valence-electron chi connectivity index (χ1n) is 12.5. The van der Waals surface area contributed by atoms with Gasteiger partial charge >= 0.3 is 0 Å². The quantitative estimate of drug-likeness (QED) is 0.349. The van der Waals surface area contributed by atoms with Gasteiger partial charge in [0.1, 0.15) is 12.1 Å². The molecule has 2 aliphatic heterocycles. The number of amides is 1. The van der Waals surface area contributed by atoms with Crippen molar-refractivity contribution in [3.05, 3.63) is 35.6 Å². The molecule has 1 aliphatic carbocycles. The van der Waals surface area contributed by atoms with E-state index in [1.54, 1.807) is 19.2 Å². The van der Waals surface area contributed by atoms with E-state index in [4.69, 9.17) is 4.74 Å². The lowest BCUT2D eigenvalue weighted by atomic mass is 9.87. The summed E-state index contributed by atoms with van der Waals surface area (Å²) in [6.45, 7) is 10.3. The van der Waals surface area contributed by atoms with Crippen LogP contribution in [0.1, 0.15) is 64.6 Å². The summed E-state index contributed by atoms with van der Waals surface area (Å²) in [4.78, 5) is 31.0. The summed E-state index contributed by atoms with van der Waals surface area (Å²) < 4.78 is 34.9. The number of carbonyl (C=O) groups is 2. The molecule has 4 rings (SSSR count). The Kier molecular flexibility index (Phi) is 8.16. The molecule has 0 bridgehead atoms. The van der Waals surface area contributed by atoms with Crippen LogP contribution >= 0.6 is 0 Å². The molecular weight excluding hydrogens is 484 g/mol. The fourth-order valence-corrected chi connectivity index (χ4v) is 4.99. The molecule has 10 nitrogen and oxygen atoms in total. The van der Waals surface area contributed by atoms with E-state index in [-0.39, 0.29) is 41.2 Å². The van der Waals surface area contributed by atoms with Crippen molar-refractivity contribution in [1.82, 2.24) is 19.7 Å². The zero-order valence-corrected chi connectivity index (χ0v) is 21.3. The highest BCUT2D eigenvalue weighted by Crippen LogP contribution is 2.34. The monoisotopic (exact) mass is 517 g/mol. The molecule has 0 unspecified atom stereocenters. The van der Waals surface area contributed by atoms with Crippen LogP contribution in [-0.4, -0.2) is 69.7 Å². The SMILES string of the molecule is C=NN1C=CC(N2C[C@H](C)O[C@@H](C)C2)=N/C1=C(/C)C(=O)Nc1cn(C2CCC(C=O)CC2)nc1C(F)F. The summed E-state index contributed by atoms with van der Waals surface area (Å²) in [6, 6.07) is -0.104. The number of halogens is 2. The Morgan fingerprint density at radius 1 is 1.24 bits per heavy atom. The molecule has 2 atom stereocenters. The number of hydrogen-bond acceptors (Lipinski definition) is 8. The number of anilines is 1. The predicted octanol–water partition coefficient (Wildman–Crippen LogP) is 3.87. The molecular formula is C25H33F2N7O3. The van der Waals surface area contributed by atoms with E-state index in [0.717, 1.165) is 6.29 Å². The van der Waals surface area contributed by atoms with Crippen LogP contribution in [0.2, 0.25) is 0 Å². The molecule has 1 amide bonds. The van der Waals surface area contributed by atoms with Crippen LogP contribution in [0.4, 0.5) is 14.5 Å². The second-order valence-corrected chi connectivity index (χ2v) is 9.75. The second-order valence-electron chi connectivity index (χ2n) is 9.75. The van der Waals surface area contributed by atoms with E-state index in [1.807, 2.05) is 13.8 Å². The van der Waals surface area contributed by atoms with Crippen molar-refractivity contribution in [2.45, 2.75) is 71.1 Å². The van der Waals surface area contributed by atoms with Crippen LogP contribution in [0.25, 0.3) is 0 Å². The molecule has 1 saturated heterocycles. The van der Waals surface area contributed by atoms with Gasteiger partial charge < -0.3 is 19.7 Å². The molecule has 37 heavy (non-hydrogen) atoms. The van der Waals surface area contributed by atoms with Crippen molar-refractivity contribution >= 4 is 30.4 Å². The maximum absolute atomic E-state index is 13.8. The van der Waals surface area contributed by atoms with E-state index >= 15 is 0 Å². The second kappa shape index (κ2) is 11.3. The van der Waals surface area contributed by atoms with Crippen molar-refractivity contribution in [3.63, 3.8) is 0 Å². The van der Waals surface area contributed by atoms with Crippen LogP contribution in [0.3, 0.4) is 0 Å². The zero-order valence-electron chi connectivity index (χ0n) is 21.3. The van der Waals surface area contributed by atoms with Crippen LogP contribution in [0.5, 0.6) is 0 Å². The summed E-state index contributed by atoms with van der Waals surface area (Å²) >= 11 is 0. The largest absolute Gasteiger partial charge is 0.372 e. The Bertz CT molecular complexity index is 1110. The highest BCUT2D eigenvalue weighted by atomic mass is 19.3. The lowest BCUT2D eigenvalue weighted by molar-refractivity contribution is -0.113. The number of hydrogen-bond donors (Lipinski definition) is 1. The predicted molar refractivity (Wildman–Crippen MR) is 135 cm³/mol. The van der Waals surface area contributed by atoms with Crippen molar-refractivity contribution in [1.29, 1.82) is 0 Å². The minimum absolute atomic E-state index is 0.00452. The molecule has 1 N–H and O–H groups in total. The van der Waals surface area contributed by atoms with Gasteiger partial charge in [-0.15, -0.1) is 0 Å². The van der Waals surface area contributed by atoms with Crippen molar-refractivity contribution in [2.75, 3.05) is 18.4 Å². The maximum atomic E-state index is 13.8. The fourth-order valence-electron chi connectivity index (χ4n) is 4.99. The third-order valence-electron chi connectivity index (χ3n) is 6.90. The smallest absolute Gasteiger partial charge is 0.284 e. The van der Waals surface area contributed by atoms with Gasteiger partial charge in [-0.05, 0) is 52.5 Å². The molecule has 200 valence electrons. The third-order valence-corrected chi connectivity index (χ3v) is 6.90. The van der Waals surface area contributed by atoms with Crippen molar-refractivity contribution in [3.8, 4) is 0 Å². The molecule has 3 heterocycles. The molecule has 1 aromatic rings. The molecule has 12 heteroatoms. The average molecular weight is 518 g/mol. The minimum atomic E-state index is -2.87. The number of alkyl halides is 2. The Hall–Kier alpha value is -3.41. The van der Waals surface area contributed by atoms with Gasteiger partial charge in [0.05, 0.1) is 29.5 Å².